The first-order valence-electron chi connectivity index (χ1n) is 6.95. The van der Waals surface area contributed by atoms with Gasteiger partial charge in [0.15, 0.2) is 0 Å². The molecule has 0 saturated heterocycles. The van der Waals surface area contributed by atoms with Crippen molar-refractivity contribution in [3.8, 4) is 0 Å². The summed E-state index contributed by atoms with van der Waals surface area (Å²) in [4.78, 5) is 4.92. The summed E-state index contributed by atoms with van der Waals surface area (Å²) in [6.45, 7) is 8.47. The highest BCUT2D eigenvalue weighted by Gasteiger charge is 2.44. The number of aryl methyl sites for hydroxylation is 1. The number of nitrogens with zero attached hydrogens (tertiary/aromatic N) is 1. The molecule has 1 fully saturated rings. The van der Waals surface area contributed by atoms with Crippen molar-refractivity contribution < 1.29 is 0 Å². The topological polar surface area (TPSA) is 12.4 Å². The molecule has 0 spiro atoms. The van der Waals surface area contributed by atoms with Crippen molar-refractivity contribution in [3.05, 3.63) is 41.5 Å². The second-order valence-corrected chi connectivity index (χ2v) is 6.00. The number of benzene rings is 1. The zero-order valence-corrected chi connectivity index (χ0v) is 11.4. The Morgan fingerprint density at radius 3 is 3.00 bits per heavy atom. The molecule has 1 heteroatoms. The molecule has 1 saturated carbocycles. The molecule has 1 aromatic carbocycles. The standard InChI is InChI=1S/C17H21N/c1-12(2)11-17-9-5-4-6-16(17)18-15-8-7-13(3)10-14(15)17/h7-8,10H,1,4-6,9,11H2,2-3H3/t17-/m1/s1. The molecule has 3 rings (SSSR count). The van der Waals surface area contributed by atoms with Gasteiger partial charge in [-0.25, -0.2) is 0 Å². The summed E-state index contributed by atoms with van der Waals surface area (Å²) in [5, 5.41) is 0. The first-order valence-corrected chi connectivity index (χ1v) is 6.95. The highest BCUT2D eigenvalue weighted by Crippen LogP contribution is 2.50. The SMILES string of the molecule is C=C(C)C[C@@]12CCCCC1=Nc1ccc(C)cc12. The summed E-state index contributed by atoms with van der Waals surface area (Å²) >= 11 is 0. The molecule has 1 heterocycles. The minimum Gasteiger partial charge on any atom is -0.257 e. The lowest BCUT2D eigenvalue weighted by Crippen LogP contribution is -2.36. The van der Waals surface area contributed by atoms with Gasteiger partial charge in [0.05, 0.1) is 5.69 Å². The van der Waals surface area contributed by atoms with Crippen LogP contribution in [-0.2, 0) is 5.41 Å². The molecular weight excluding hydrogens is 218 g/mol. The Morgan fingerprint density at radius 1 is 1.39 bits per heavy atom. The van der Waals surface area contributed by atoms with Gasteiger partial charge in [-0.3, -0.25) is 4.99 Å². The second kappa shape index (κ2) is 4.08. The van der Waals surface area contributed by atoms with Crippen molar-refractivity contribution in [2.75, 3.05) is 0 Å². The Labute approximate surface area is 110 Å². The van der Waals surface area contributed by atoms with E-state index in [0.717, 1.165) is 6.42 Å². The van der Waals surface area contributed by atoms with E-state index in [1.54, 1.807) is 0 Å². The fourth-order valence-corrected chi connectivity index (χ4v) is 3.63. The Bertz CT molecular complexity index is 539. The number of allylic oxidation sites excluding steroid dienone is 1. The number of rotatable bonds is 2. The van der Waals surface area contributed by atoms with Crippen molar-refractivity contribution in [1.29, 1.82) is 0 Å². The smallest absolute Gasteiger partial charge is 0.0671 e. The molecule has 0 N–H and O–H groups in total. The monoisotopic (exact) mass is 239 g/mol. The Balaban J connectivity index is 2.15. The van der Waals surface area contributed by atoms with Gasteiger partial charge in [-0.2, -0.15) is 0 Å². The van der Waals surface area contributed by atoms with Crippen LogP contribution in [0.3, 0.4) is 0 Å². The molecule has 94 valence electrons. The van der Waals surface area contributed by atoms with Gasteiger partial charge in [0.25, 0.3) is 0 Å². The molecule has 2 aliphatic rings. The van der Waals surface area contributed by atoms with Crippen LogP contribution in [0.4, 0.5) is 5.69 Å². The van der Waals surface area contributed by atoms with E-state index in [0.29, 0.717) is 0 Å². The summed E-state index contributed by atoms with van der Waals surface area (Å²) in [7, 11) is 0. The van der Waals surface area contributed by atoms with Crippen LogP contribution >= 0.6 is 0 Å². The molecule has 0 aromatic heterocycles. The van der Waals surface area contributed by atoms with Crippen molar-refractivity contribution in [3.63, 3.8) is 0 Å². The molecule has 0 unspecified atom stereocenters. The fourth-order valence-electron chi connectivity index (χ4n) is 3.63. The molecule has 0 bridgehead atoms. The predicted octanol–water partition coefficient (Wildman–Crippen LogP) is 4.86. The van der Waals surface area contributed by atoms with Crippen LogP contribution in [0, 0.1) is 6.92 Å². The first-order chi connectivity index (χ1) is 8.62. The minimum atomic E-state index is 0.186. The van der Waals surface area contributed by atoms with Crippen LogP contribution in [0.25, 0.3) is 0 Å². The average Bonchev–Trinajstić information content (AvgIpc) is 2.62. The molecule has 18 heavy (non-hydrogen) atoms. The lowest BCUT2D eigenvalue weighted by molar-refractivity contribution is 0.459. The summed E-state index contributed by atoms with van der Waals surface area (Å²) in [6, 6.07) is 6.71. The molecule has 0 amide bonds. The van der Waals surface area contributed by atoms with Gasteiger partial charge in [-0.05, 0) is 51.2 Å². The number of aliphatic imine (C=N–C) groups is 1. The molecule has 1 atom stereocenters. The van der Waals surface area contributed by atoms with Crippen molar-refractivity contribution >= 4 is 11.4 Å². The number of fused-ring (bicyclic) bond motifs is 3. The Kier molecular flexibility index (Phi) is 2.65. The number of hydrogen-bond acceptors (Lipinski definition) is 1. The zero-order chi connectivity index (χ0) is 12.8. The van der Waals surface area contributed by atoms with E-state index < -0.39 is 0 Å². The maximum absolute atomic E-state index is 4.92. The normalized spacial score (nSPS) is 25.3. The molecule has 1 aliphatic heterocycles. The lowest BCUT2D eigenvalue weighted by Gasteiger charge is -2.36. The van der Waals surface area contributed by atoms with Gasteiger partial charge < -0.3 is 0 Å². The maximum atomic E-state index is 4.92. The van der Waals surface area contributed by atoms with Crippen LogP contribution in [0.2, 0.25) is 0 Å². The molecule has 0 radical (unpaired) electrons. The number of hydrogen-bond donors (Lipinski definition) is 0. The summed E-state index contributed by atoms with van der Waals surface area (Å²) in [5.41, 5.74) is 6.89. The summed E-state index contributed by atoms with van der Waals surface area (Å²) in [6.07, 6.45) is 6.10. The van der Waals surface area contributed by atoms with Crippen LogP contribution in [-0.4, -0.2) is 5.71 Å². The fraction of sp³-hybridized carbons (Fsp3) is 0.471. The lowest BCUT2D eigenvalue weighted by atomic mass is 9.66. The largest absolute Gasteiger partial charge is 0.257 e. The van der Waals surface area contributed by atoms with Gasteiger partial charge in [-0.15, -0.1) is 6.58 Å². The van der Waals surface area contributed by atoms with E-state index in [2.05, 4.69) is 38.6 Å². The van der Waals surface area contributed by atoms with Gasteiger partial charge in [0.2, 0.25) is 0 Å². The highest BCUT2D eigenvalue weighted by atomic mass is 14.8. The Morgan fingerprint density at radius 2 is 2.22 bits per heavy atom. The third-order valence-corrected chi connectivity index (χ3v) is 4.35. The third kappa shape index (κ3) is 1.65. The van der Waals surface area contributed by atoms with E-state index >= 15 is 0 Å². The van der Waals surface area contributed by atoms with Gasteiger partial charge in [0.1, 0.15) is 0 Å². The Hall–Kier alpha value is -1.37. The van der Waals surface area contributed by atoms with E-state index in [-0.39, 0.29) is 5.41 Å². The van der Waals surface area contributed by atoms with Crippen LogP contribution < -0.4 is 0 Å². The molecule has 1 aromatic rings. The van der Waals surface area contributed by atoms with E-state index in [1.165, 1.54) is 53.8 Å². The van der Waals surface area contributed by atoms with E-state index in [1.807, 2.05) is 0 Å². The van der Waals surface area contributed by atoms with Gasteiger partial charge >= 0.3 is 0 Å². The highest BCUT2D eigenvalue weighted by molar-refractivity contribution is 6.02. The summed E-state index contributed by atoms with van der Waals surface area (Å²) in [5.74, 6) is 0. The average molecular weight is 239 g/mol. The second-order valence-electron chi connectivity index (χ2n) is 6.00. The first kappa shape index (κ1) is 11.7. The van der Waals surface area contributed by atoms with E-state index in [9.17, 15) is 0 Å². The van der Waals surface area contributed by atoms with E-state index in [4.69, 9.17) is 4.99 Å². The molecular formula is C17H21N. The van der Waals surface area contributed by atoms with Crippen LogP contribution in [0.15, 0.2) is 35.3 Å². The zero-order valence-electron chi connectivity index (χ0n) is 11.4. The van der Waals surface area contributed by atoms with Crippen LogP contribution in [0.1, 0.15) is 50.2 Å². The quantitative estimate of drug-likeness (QED) is 0.654. The molecule has 1 aliphatic carbocycles. The third-order valence-electron chi connectivity index (χ3n) is 4.35. The maximum Gasteiger partial charge on any atom is 0.0671 e. The van der Waals surface area contributed by atoms with Crippen LogP contribution in [0.5, 0.6) is 0 Å². The van der Waals surface area contributed by atoms with Gasteiger partial charge in [0, 0.05) is 11.1 Å². The van der Waals surface area contributed by atoms with Crippen molar-refractivity contribution in [2.45, 2.75) is 51.4 Å². The van der Waals surface area contributed by atoms with Crippen molar-refractivity contribution in [2.24, 2.45) is 4.99 Å². The summed E-state index contributed by atoms with van der Waals surface area (Å²) < 4.78 is 0. The predicted molar refractivity (Wildman–Crippen MR) is 77.9 cm³/mol. The minimum absolute atomic E-state index is 0.186. The van der Waals surface area contributed by atoms with Gasteiger partial charge in [-0.1, -0.05) is 29.7 Å². The van der Waals surface area contributed by atoms with Crippen molar-refractivity contribution in [1.82, 2.24) is 0 Å². The molecule has 1 nitrogen and oxygen atoms in total.